The number of hydrogen-bond donors (Lipinski definition) is 2. The van der Waals surface area contributed by atoms with Gasteiger partial charge in [0.25, 0.3) is 0 Å². The van der Waals surface area contributed by atoms with Gasteiger partial charge in [-0.05, 0) is 43.0 Å². The Morgan fingerprint density at radius 2 is 2.00 bits per heavy atom. The van der Waals surface area contributed by atoms with E-state index in [1.807, 2.05) is 36.0 Å². The fourth-order valence-electron chi connectivity index (χ4n) is 3.47. The number of guanidine groups is 1. The van der Waals surface area contributed by atoms with E-state index in [2.05, 4.69) is 29.0 Å². The van der Waals surface area contributed by atoms with Crippen LogP contribution in [0.5, 0.6) is 5.75 Å². The number of nitrogens with zero attached hydrogens (tertiary/aromatic N) is 1. The van der Waals surface area contributed by atoms with Crippen molar-refractivity contribution in [2.24, 2.45) is 4.99 Å². The molecule has 2 heterocycles. The van der Waals surface area contributed by atoms with Crippen LogP contribution in [0.25, 0.3) is 0 Å². The largest absolute Gasteiger partial charge is 0.493 e. The quantitative estimate of drug-likeness (QED) is 0.172. The summed E-state index contributed by atoms with van der Waals surface area (Å²) >= 11 is 1.93. The zero-order valence-electron chi connectivity index (χ0n) is 17.8. The van der Waals surface area contributed by atoms with Crippen LogP contribution in [0.2, 0.25) is 0 Å². The number of ether oxygens (including phenoxy) is 1. The lowest BCUT2D eigenvalue weighted by Crippen LogP contribution is -2.42. The van der Waals surface area contributed by atoms with Crippen molar-refractivity contribution in [3.63, 3.8) is 0 Å². The number of furan rings is 1. The summed E-state index contributed by atoms with van der Waals surface area (Å²) in [6, 6.07) is 12.4. The molecule has 3 rings (SSSR count). The second-order valence-electron chi connectivity index (χ2n) is 7.27. The SMILES string of the molecule is CSCCCCCCN=C(NCCc1ccco1)NC1CCOc2ccccc21.I. The second-order valence-corrected chi connectivity index (χ2v) is 8.25. The van der Waals surface area contributed by atoms with Gasteiger partial charge >= 0.3 is 0 Å². The number of nitrogens with one attached hydrogen (secondary N) is 2. The average molecular weight is 544 g/mol. The van der Waals surface area contributed by atoms with Crippen LogP contribution < -0.4 is 15.4 Å². The molecule has 7 heteroatoms. The highest BCUT2D eigenvalue weighted by Crippen LogP contribution is 2.31. The Balaban J connectivity index is 0.00000320. The van der Waals surface area contributed by atoms with Crippen LogP contribution in [0, 0.1) is 0 Å². The van der Waals surface area contributed by atoms with Crippen LogP contribution in [0.15, 0.2) is 52.1 Å². The molecule has 0 fully saturated rings. The molecule has 5 nitrogen and oxygen atoms in total. The molecule has 166 valence electrons. The normalized spacial score (nSPS) is 15.6. The van der Waals surface area contributed by atoms with Gasteiger partial charge in [0.15, 0.2) is 5.96 Å². The van der Waals surface area contributed by atoms with Gasteiger partial charge in [0.05, 0.1) is 18.9 Å². The summed E-state index contributed by atoms with van der Waals surface area (Å²) in [4.78, 5) is 4.85. The molecule has 30 heavy (non-hydrogen) atoms. The zero-order valence-corrected chi connectivity index (χ0v) is 20.9. The van der Waals surface area contributed by atoms with Crippen molar-refractivity contribution in [2.45, 2.75) is 44.6 Å². The summed E-state index contributed by atoms with van der Waals surface area (Å²) in [7, 11) is 0. The number of thioether (sulfide) groups is 1. The Morgan fingerprint density at radius 3 is 2.83 bits per heavy atom. The first-order chi connectivity index (χ1) is 14.4. The van der Waals surface area contributed by atoms with E-state index in [0.29, 0.717) is 0 Å². The summed E-state index contributed by atoms with van der Waals surface area (Å²) in [6.45, 7) is 2.36. The molecule has 1 aliphatic heterocycles. The number of aliphatic imine (C=N–C) groups is 1. The predicted octanol–water partition coefficient (Wildman–Crippen LogP) is 5.42. The lowest BCUT2D eigenvalue weighted by Gasteiger charge is -2.28. The van der Waals surface area contributed by atoms with Gasteiger partial charge in [-0.25, -0.2) is 0 Å². The monoisotopic (exact) mass is 543 g/mol. The van der Waals surface area contributed by atoms with E-state index < -0.39 is 0 Å². The second kappa shape index (κ2) is 14.6. The van der Waals surface area contributed by atoms with E-state index >= 15 is 0 Å². The minimum atomic E-state index is 0. The summed E-state index contributed by atoms with van der Waals surface area (Å²) in [6.07, 6.45) is 10.6. The molecular weight excluding hydrogens is 509 g/mol. The maximum Gasteiger partial charge on any atom is 0.191 e. The maximum atomic E-state index is 5.80. The highest BCUT2D eigenvalue weighted by Gasteiger charge is 2.21. The molecule has 0 spiro atoms. The lowest BCUT2D eigenvalue weighted by molar-refractivity contribution is 0.261. The smallest absolute Gasteiger partial charge is 0.191 e. The first-order valence-corrected chi connectivity index (χ1v) is 12.0. The summed E-state index contributed by atoms with van der Waals surface area (Å²) in [5, 5.41) is 7.11. The third kappa shape index (κ3) is 8.41. The predicted molar refractivity (Wildman–Crippen MR) is 137 cm³/mol. The Morgan fingerprint density at radius 1 is 1.13 bits per heavy atom. The van der Waals surface area contributed by atoms with Crippen LogP contribution in [0.3, 0.4) is 0 Å². The number of unbranched alkanes of at least 4 members (excludes halogenated alkanes) is 3. The number of benzene rings is 1. The van der Waals surface area contributed by atoms with Gasteiger partial charge in [-0.3, -0.25) is 4.99 Å². The van der Waals surface area contributed by atoms with Crippen LogP contribution in [-0.2, 0) is 6.42 Å². The number of para-hydroxylation sites is 1. The van der Waals surface area contributed by atoms with Crippen LogP contribution in [0.4, 0.5) is 0 Å². The van der Waals surface area contributed by atoms with Crippen LogP contribution >= 0.6 is 35.7 Å². The molecule has 2 aromatic rings. The Bertz CT molecular complexity index is 740. The lowest BCUT2D eigenvalue weighted by atomic mass is 10.0. The van der Waals surface area contributed by atoms with E-state index in [1.165, 1.54) is 30.6 Å². The number of fused-ring (bicyclic) bond motifs is 1. The zero-order chi connectivity index (χ0) is 20.2. The van der Waals surface area contributed by atoms with Gasteiger partial charge in [-0.1, -0.05) is 31.0 Å². The van der Waals surface area contributed by atoms with Crippen LogP contribution in [0.1, 0.15) is 49.5 Å². The van der Waals surface area contributed by atoms with Crippen molar-refractivity contribution in [2.75, 3.05) is 31.7 Å². The first-order valence-electron chi connectivity index (χ1n) is 10.6. The van der Waals surface area contributed by atoms with E-state index in [-0.39, 0.29) is 30.0 Å². The molecule has 1 atom stereocenters. The number of rotatable bonds is 11. The van der Waals surface area contributed by atoms with Crippen LogP contribution in [-0.4, -0.2) is 37.7 Å². The standard InChI is InChI=1S/C23H33N3O2S.HI/c1-29-18-7-3-2-6-14-24-23(25-15-12-19-9-8-16-27-19)26-21-13-17-28-22-11-5-4-10-20(21)22;/h4-5,8-11,16,21H,2-3,6-7,12-15,17-18H2,1H3,(H2,24,25,26);1H. The van der Waals surface area contributed by atoms with Crippen molar-refractivity contribution in [3.8, 4) is 5.75 Å². The maximum absolute atomic E-state index is 5.80. The molecule has 0 bridgehead atoms. The van der Waals surface area contributed by atoms with Gasteiger partial charge in [0.1, 0.15) is 11.5 Å². The topological polar surface area (TPSA) is 58.8 Å². The van der Waals surface area contributed by atoms with Gasteiger partial charge in [0, 0.05) is 31.5 Å². The molecule has 1 aromatic heterocycles. The Labute approximate surface area is 201 Å². The molecule has 1 aliphatic rings. The van der Waals surface area contributed by atoms with Gasteiger partial charge < -0.3 is 19.8 Å². The van der Waals surface area contributed by atoms with Crippen molar-refractivity contribution >= 4 is 41.7 Å². The average Bonchev–Trinajstić information content (AvgIpc) is 3.26. The highest BCUT2D eigenvalue weighted by molar-refractivity contribution is 14.0. The molecule has 2 N–H and O–H groups in total. The third-order valence-corrected chi connectivity index (χ3v) is 5.74. The molecule has 0 saturated carbocycles. The third-order valence-electron chi connectivity index (χ3n) is 5.04. The molecule has 1 unspecified atom stereocenters. The minimum absolute atomic E-state index is 0. The molecular formula is C23H34IN3O2S. The summed E-state index contributed by atoms with van der Waals surface area (Å²) < 4.78 is 11.2. The van der Waals surface area contributed by atoms with E-state index in [4.69, 9.17) is 14.1 Å². The minimum Gasteiger partial charge on any atom is -0.493 e. The molecule has 0 aliphatic carbocycles. The fraction of sp³-hybridized carbons (Fsp3) is 0.522. The number of hydrogen-bond acceptors (Lipinski definition) is 4. The Hall–Kier alpha value is -1.35. The van der Waals surface area contributed by atoms with Crippen molar-refractivity contribution in [1.29, 1.82) is 0 Å². The Kier molecular flexibility index (Phi) is 12.1. The fourth-order valence-corrected chi connectivity index (χ4v) is 3.96. The van der Waals surface area contributed by atoms with Crippen molar-refractivity contribution in [3.05, 3.63) is 54.0 Å². The molecule has 1 aromatic carbocycles. The van der Waals surface area contributed by atoms with Gasteiger partial charge in [-0.15, -0.1) is 24.0 Å². The van der Waals surface area contributed by atoms with Crippen molar-refractivity contribution < 1.29 is 9.15 Å². The summed E-state index contributed by atoms with van der Waals surface area (Å²) in [5.74, 6) is 4.09. The number of halogens is 1. The molecule has 0 saturated heterocycles. The van der Waals surface area contributed by atoms with Gasteiger partial charge in [-0.2, -0.15) is 11.8 Å². The molecule has 0 radical (unpaired) electrons. The molecule has 0 amide bonds. The van der Waals surface area contributed by atoms with E-state index in [1.54, 1.807) is 6.26 Å². The highest BCUT2D eigenvalue weighted by atomic mass is 127. The van der Waals surface area contributed by atoms with E-state index in [9.17, 15) is 0 Å². The first kappa shape index (κ1) is 24.9. The summed E-state index contributed by atoms with van der Waals surface area (Å²) in [5.41, 5.74) is 1.20. The van der Waals surface area contributed by atoms with Crippen molar-refractivity contribution in [1.82, 2.24) is 10.6 Å². The van der Waals surface area contributed by atoms with Gasteiger partial charge in [0.2, 0.25) is 0 Å². The van der Waals surface area contributed by atoms with E-state index in [0.717, 1.165) is 56.4 Å².